The lowest BCUT2D eigenvalue weighted by Gasteiger charge is -2.25. The third-order valence-corrected chi connectivity index (χ3v) is 6.10. The van der Waals surface area contributed by atoms with E-state index in [0.717, 1.165) is 48.8 Å². The summed E-state index contributed by atoms with van der Waals surface area (Å²) in [4.78, 5) is 12.3. The molecular formula is C16H16F3N5O2S. The first-order valence-electron chi connectivity index (χ1n) is 8.31. The van der Waals surface area contributed by atoms with E-state index in [1.807, 2.05) is 0 Å². The zero-order valence-corrected chi connectivity index (χ0v) is 14.9. The number of halogens is 3. The summed E-state index contributed by atoms with van der Waals surface area (Å²) in [5.74, 6) is -1.32. The third-order valence-electron chi connectivity index (χ3n) is 4.83. The van der Waals surface area contributed by atoms with Crippen molar-refractivity contribution in [3.05, 3.63) is 40.3 Å². The van der Waals surface area contributed by atoms with Crippen molar-refractivity contribution >= 4 is 21.6 Å². The first-order valence-corrected chi connectivity index (χ1v) is 9.89. The quantitative estimate of drug-likeness (QED) is 0.829. The van der Waals surface area contributed by atoms with E-state index < -0.39 is 33.3 Å². The minimum absolute atomic E-state index is 0.0304. The minimum atomic E-state index is -4.12. The molecule has 0 unspecified atom stereocenters. The molecule has 0 fully saturated rings. The molecule has 144 valence electrons. The second kappa shape index (κ2) is 6.34. The number of alkyl halides is 2. The molecule has 1 aromatic carbocycles. The Labute approximate surface area is 153 Å². The van der Waals surface area contributed by atoms with Crippen molar-refractivity contribution in [2.24, 2.45) is 9.50 Å². The molecule has 2 amide bonds. The minimum Gasteiger partial charge on any atom is -0.305 e. The van der Waals surface area contributed by atoms with E-state index in [0.29, 0.717) is 11.9 Å². The number of hydrogen-bond acceptors (Lipinski definition) is 3. The highest BCUT2D eigenvalue weighted by molar-refractivity contribution is 7.91. The average molecular weight is 399 g/mol. The maximum Gasteiger partial charge on any atom is 0.354 e. The Morgan fingerprint density at radius 1 is 1.26 bits per heavy atom. The topological polar surface area (TPSA) is 102 Å². The van der Waals surface area contributed by atoms with Gasteiger partial charge in [-0.1, -0.05) is 6.07 Å². The Hall–Kier alpha value is -2.40. The van der Waals surface area contributed by atoms with Gasteiger partial charge in [-0.25, -0.2) is 23.2 Å². The number of benzene rings is 1. The first kappa shape index (κ1) is 18.0. The van der Waals surface area contributed by atoms with Crippen molar-refractivity contribution in [2.45, 2.75) is 43.7 Å². The Bertz CT molecular complexity index is 1070. The van der Waals surface area contributed by atoms with E-state index in [9.17, 15) is 22.2 Å². The van der Waals surface area contributed by atoms with Crippen LogP contribution in [0.25, 0.3) is 0 Å². The molecule has 0 spiro atoms. The van der Waals surface area contributed by atoms with Crippen LogP contribution in [0.4, 0.5) is 23.7 Å². The average Bonchev–Trinajstić information content (AvgIpc) is 3.16. The Balaban J connectivity index is 1.66. The largest absolute Gasteiger partial charge is 0.354 e. The molecule has 2 aromatic rings. The number of anilines is 1. The first-order chi connectivity index (χ1) is 12.8. The molecule has 1 aromatic heterocycles. The van der Waals surface area contributed by atoms with E-state index in [1.165, 1.54) is 5.56 Å². The van der Waals surface area contributed by atoms with Gasteiger partial charge in [0.25, 0.3) is 0 Å². The smallest absolute Gasteiger partial charge is 0.305 e. The van der Waals surface area contributed by atoms with Gasteiger partial charge in [0.2, 0.25) is 5.03 Å². The number of carbonyl (C=O) groups is 1. The highest BCUT2D eigenvalue weighted by Crippen LogP contribution is 2.39. The zero-order valence-electron chi connectivity index (χ0n) is 14.0. The van der Waals surface area contributed by atoms with Gasteiger partial charge in [-0.2, -0.15) is 13.9 Å². The van der Waals surface area contributed by atoms with Crippen LogP contribution in [-0.4, -0.2) is 20.0 Å². The number of aromatic nitrogens is 2. The summed E-state index contributed by atoms with van der Waals surface area (Å²) < 4.78 is 54.7. The van der Waals surface area contributed by atoms with Crippen molar-refractivity contribution in [1.29, 1.82) is 0 Å². The van der Waals surface area contributed by atoms with Crippen molar-refractivity contribution in [3.8, 4) is 0 Å². The second-order valence-corrected chi connectivity index (χ2v) is 8.22. The number of aryl methyl sites for hydroxylation is 2. The van der Waals surface area contributed by atoms with E-state index in [4.69, 9.17) is 5.14 Å². The normalized spacial score (nSPS) is 17.1. The summed E-state index contributed by atoms with van der Waals surface area (Å²) >= 11 is 0. The van der Waals surface area contributed by atoms with Crippen LogP contribution < -0.4 is 10.5 Å². The standard InChI is InChI=1S/C16H16F3N5O2S/c17-12-7-24(15(18)19)22-14(12)27(20,26)23-16(25)21-13-10-3-1-2-8(10)6-9-4-5-11(9)13/h6-7,15H,1-5H2,(H3,20,21,23,25,26)/t27-/m1/s1. The SMILES string of the molecule is N[S@@](=O)(=NC(=O)Nc1c2c(cc3c1CC3)CCC2)c1nn(C(F)F)cc1F. The fraction of sp³-hybridized carbons (Fsp3) is 0.375. The van der Waals surface area contributed by atoms with E-state index in [-0.39, 0.29) is 4.68 Å². The molecule has 2 aliphatic rings. The van der Waals surface area contributed by atoms with Crippen molar-refractivity contribution < 1.29 is 22.2 Å². The molecule has 0 aliphatic heterocycles. The fourth-order valence-electron chi connectivity index (χ4n) is 3.54. The summed E-state index contributed by atoms with van der Waals surface area (Å²) in [5, 5.41) is 10.2. The van der Waals surface area contributed by atoms with E-state index in [2.05, 4.69) is 20.8 Å². The Morgan fingerprint density at radius 3 is 2.59 bits per heavy atom. The van der Waals surface area contributed by atoms with Crippen LogP contribution in [-0.2, 0) is 35.6 Å². The molecule has 2 aliphatic carbocycles. The number of carbonyl (C=O) groups excluding carboxylic acids is 1. The Kier molecular flexibility index (Phi) is 4.22. The zero-order chi connectivity index (χ0) is 19.3. The van der Waals surface area contributed by atoms with Crippen LogP contribution in [0.15, 0.2) is 21.7 Å². The van der Waals surface area contributed by atoms with Crippen LogP contribution >= 0.6 is 0 Å². The predicted octanol–water partition coefficient (Wildman–Crippen LogP) is 2.94. The second-order valence-electron chi connectivity index (χ2n) is 6.51. The number of rotatable bonds is 3. The molecule has 7 nitrogen and oxygen atoms in total. The van der Waals surface area contributed by atoms with Gasteiger partial charge in [-0.3, -0.25) is 0 Å². The monoisotopic (exact) mass is 399 g/mol. The molecule has 0 bridgehead atoms. The molecular weight excluding hydrogens is 383 g/mol. The maximum atomic E-state index is 13.8. The van der Waals surface area contributed by atoms with Crippen LogP contribution in [0.3, 0.4) is 0 Å². The van der Waals surface area contributed by atoms with E-state index >= 15 is 0 Å². The van der Waals surface area contributed by atoms with Gasteiger partial charge in [-0.05, 0) is 54.4 Å². The van der Waals surface area contributed by atoms with Crippen LogP contribution in [0, 0.1) is 5.82 Å². The number of urea groups is 1. The van der Waals surface area contributed by atoms with Crippen LogP contribution in [0.1, 0.15) is 35.2 Å². The summed E-state index contributed by atoms with van der Waals surface area (Å²) in [6.07, 6.45) is 4.79. The summed E-state index contributed by atoms with van der Waals surface area (Å²) in [5.41, 5.74) is 5.00. The lowest BCUT2D eigenvalue weighted by Crippen LogP contribution is -2.22. The molecule has 0 saturated carbocycles. The maximum absolute atomic E-state index is 13.8. The third kappa shape index (κ3) is 3.10. The number of nitrogens with two attached hydrogens (primary N) is 1. The van der Waals surface area contributed by atoms with Gasteiger partial charge in [0.15, 0.2) is 15.7 Å². The number of amides is 2. The number of nitrogens with zero attached hydrogens (tertiary/aromatic N) is 3. The van der Waals surface area contributed by atoms with Gasteiger partial charge in [0, 0.05) is 5.69 Å². The molecule has 1 heterocycles. The molecule has 27 heavy (non-hydrogen) atoms. The van der Waals surface area contributed by atoms with Crippen molar-refractivity contribution in [1.82, 2.24) is 9.78 Å². The van der Waals surface area contributed by atoms with Gasteiger partial charge in [0.1, 0.15) is 0 Å². The lowest BCUT2D eigenvalue weighted by molar-refractivity contribution is 0.0552. The predicted molar refractivity (Wildman–Crippen MR) is 91.4 cm³/mol. The number of hydrogen-bond donors (Lipinski definition) is 2. The highest BCUT2D eigenvalue weighted by atomic mass is 32.2. The fourth-order valence-corrected chi connectivity index (χ4v) is 4.46. The number of nitrogens with one attached hydrogen (secondary N) is 1. The molecule has 0 radical (unpaired) electrons. The molecule has 3 N–H and O–H groups in total. The van der Waals surface area contributed by atoms with Gasteiger partial charge in [0.05, 0.1) is 6.20 Å². The van der Waals surface area contributed by atoms with Gasteiger partial charge < -0.3 is 5.32 Å². The van der Waals surface area contributed by atoms with Crippen LogP contribution in [0.5, 0.6) is 0 Å². The Morgan fingerprint density at radius 2 is 1.96 bits per heavy atom. The summed E-state index contributed by atoms with van der Waals surface area (Å²) in [6.45, 7) is -3.14. The molecule has 1 atom stereocenters. The molecule has 11 heteroatoms. The lowest BCUT2D eigenvalue weighted by atomic mass is 9.83. The summed E-state index contributed by atoms with van der Waals surface area (Å²) in [7, 11) is -4.12. The van der Waals surface area contributed by atoms with Crippen molar-refractivity contribution in [2.75, 3.05) is 5.32 Å². The van der Waals surface area contributed by atoms with Crippen LogP contribution in [0.2, 0.25) is 0 Å². The van der Waals surface area contributed by atoms with Gasteiger partial charge in [-0.15, -0.1) is 4.36 Å². The summed E-state index contributed by atoms with van der Waals surface area (Å²) in [6, 6.07) is 1.12. The van der Waals surface area contributed by atoms with E-state index in [1.54, 1.807) is 0 Å². The van der Waals surface area contributed by atoms with Crippen molar-refractivity contribution in [3.63, 3.8) is 0 Å². The molecule has 4 rings (SSSR count). The highest BCUT2D eigenvalue weighted by Gasteiger charge is 2.27. The number of fused-ring (bicyclic) bond motifs is 2. The molecule has 0 saturated heterocycles. The van der Waals surface area contributed by atoms with Gasteiger partial charge >= 0.3 is 12.6 Å².